The number of ether oxygens (including phenoxy) is 1. The third kappa shape index (κ3) is 1.98. The number of methoxy groups -OCH3 is 1. The molecule has 0 amide bonds. The summed E-state index contributed by atoms with van der Waals surface area (Å²) in [5, 5.41) is 0. The van der Waals surface area contributed by atoms with Crippen molar-refractivity contribution in [3.05, 3.63) is 29.8 Å². The molecule has 1 atom stereocenters. The van der Waals surface area contributed by atoms with Gasteiger partial charge in [0.05, 0.1) is 7.11 Å². The standard InChI is InChI=1S/C10H15NO/c1-3-10(11)8-5-4-6-9(7-8)12-2/h4-7,10H,3,11H2,1-2H3/t10-/m1/s1. The first-order chi connectivity index (χ1) is 5.77. The maximum absolute atomic E-state index is 5.86. The monoisotopic (exact) mass is 165 g/mol. The molecule has 2 N–H and O–H groups in total. The number of hydrogen-bond donors (Lipinski definition) is 1. The first-order valence-electron chi connectivity index (χ1n) is 4.17. The molecule has 1 aromatic rings. The van der Waals surface area contributed by atoms with E-state index < -0.39 is 0 Å². The lowest BCUT2D eigenvalue weighted by Gasteiger charge is -2.09. The van der Waals surface area contributed by atoms with Crippen LogP contribution in [0.2, 0.25) is 0 Å². The van der Waals surface area contributed by atoms with Crippen molar-refractivity contribution >= 4 is 0 Å². The van der Waals surface area contributed by atoms with Crippen LogP contribution < -0.4 is 10.5 Å². The van der Waals surface area contributed by atoms with Gasteiger partial charge in [-0.3, -0.25) is 0 Å². The highest BCUT2D eigenvalue weighted by Gasteiger charge is 2.02. The van der Waals surface area contributed by atoms with Crippen LogP contribution in [0.1, 0.15) is 24.9 Å². The van der Waals surface area contributed by atoms with Gasteiger partial charge >= 0.3 is 0 Å². The Morgan fingerprint density at radius 2 is 2.25 bits per heavy atom. The van der Waals surface area contributed by atoms with E-state index in [-0.39, 0.29) is 6.04 Å². The molecule has 0 saturated heterocycles. The quantitative estimate of drug-likeness (QED) is 0.744. The number of hydrogen-bond acceptors (Lipinski definition) is 2. The average molecular weight is 165 g/mol. The van der Waals surface area contributed by atoms with E-state index in [1.54, 1.807) is 7.11 Å². The van der Waals surface area contributed by atoms with Gasteiger partial charge in [0.1, 0.15) is 5.75 Å². The van der Waals surface area contributed by atoms with Crippen LogP contribution >= 0.6 is 0 Å². The highest BCUT2D eigenvalue weighted by atomic mass is 16.5. The fourth-order valence-electron chi connectivity index (χ4n) is 1.11. The fourth-order valence-corrected chi connectivity index (χ4v) is 1.11. The summed E-state index contributed by atoms with van der Waals surface area (Å²) in [5.74, 6) is 0.872. The smallest absolute Gasteiger partial charge is 0.119 e. The third-order valence-electron chi connectivity index (χ3n) is 1.96. The molecule has 1 rings (SSSR count). The van der Waals surface area contributed by atoms with Crippen molar-refractivity contribution in [2.45, 2.75) is 19.4 Å². The van der Waals surface area contributed by atoms with Crippen LogP contribution in [0.25, 0.3) is 0 Å². The zero-order valence-electron chi connectivity index (χ0n) is 7.58. The zero-order chi connectivity index (χ0) is 8.97. The van der Waals surface area contributed by atoms with E-state index in [0.717, 1.165) is 17.7 Å². The number of nitrogens with two attached hydrogens (primary N) is 1. The maximum Gasteiger partial charge on any atom is 0.119 e. The predicted molar refractivity (Wildman–Crippen MR) is 50.2 cm³/mol. The number of benzene rings is 1. The molecule has 0 radical (unpaired) electrons. The van der Waals surface area contributed by atoms with E-state index in [9.17, 15) is 0 Å². The predicted octanol–water partition coefficient (Wildman–Crippen LogP) is 2.10. The summed E-state index contributed by atoms with van der Waals surface area (Å²) in [4.78, 5) is 0. The second-order valence-corrected chi connectivity index (χ2v) is 2.79. The zero-order valence-corrected chi connectivity index (χ0v) is 7.58. The molecular formula is C10H15NO. The SMILES string of the molecule is CC[C@@H](N)c1cccc(OC)c1. The Kier molecular flexibility index (Phi) is 3.11. The van der Waals surface area contributed by atoms with E-state index >= 15 is 0 Å². The van der Waals surface area contributed by atoms with Gasteiger partial charge in [-0.15, -0.1) is 0 Å². The molecule has 0 fully saturated rings. The molecule has 0 heterocycles. The van der Waals surface area contributed by atoms with Gasteiger partial charge in [-0.05, 0) is 24.1 Å². The van der Waals surface area contributed by atoms with Crippen LogP contribution in [-0.2, 0) is 0 Å². The summed E-state index contributed by atoms with van der Waals surface area (Å²) in [6, 6.07) is 8.01. The summed E-state index contributed by atoms with van der Waals surface area (Å²) in [7, 11) is 1.66. The lowest BCUT2D eigenvalue weighted by atomic mass is 10.1. The Labute approximate surface area is 73.3 Å². The molecular weight excluding hydrogens is 150 g/mol. The Morgan fingerprint density at radius 1 is 1.50 bits per heavy atom. The molecule has 0 aliphatic carbocycles. The van der Waals surface area contributed by atoms with Crippen LogP contribution in [0.15, 0.2) is 24.3 Å². The van der Waals surface area contributed by atoms with E-state index in [2.05, 4.69) is 6.92 Å². The molecule has 2 nitrogen and oxygen atoms in total. The molecule has 0 bridgehead atoms. The summed E-state index contributed by atoms with van der Waals surface area (Å²) in [5.41, 5.74) is 7.00. The van der Waals surface area contributed by atoms with E-state index in [1.165, 1.54) is 0 Å². The fraction of sp³-hybridized carbons (Fsp3) is 0.400. The van der Waals surface area contributed by atoms with Crippen LogP contribution in [-0.4, -0.2) is 7.11 Å². The van der Waals surface area contributed by atoms with Crippen molar-refractivity contribution < 1.29 is 4.74 Å². The Bertz CT molecular complexity index is 247. The van der Waals surface area contributed by atoms with Crippen LogP contribution in [0, 0.1) is 0 Å². The largest absolute Gasteiger partial charge is 0.497 e. The summed E-state index contributed by atoms with van der Waals surface area (Å²) < 4.78 is 5.09. The minimum absolute atomic E-state index is 0.125. The Balaban J connectivity index is 2.86. The van der Waals surface area contributed by atoms with Crippen molar-refractivity contribution in [3.63, 3.8) is 0 Å². The number of rotatable bonds is 3. The van der Waals surface area contributed by atoms with Gasteiger partial charge in [0.25, 0.3) is 0 Å². The molecule has 66 valence electrons. The van der Waals surface area contributed by atoms with Gasteiger partial charge < -0.3 is 10.5 Å². The third-order valence-corrected chi connectivity index (χ3v) is 1.96. The topological polar surface area (TPSA) is 35.2 Å². The highest BCUT2D eigenvalue weighted by molar-refractivity contribution is 5.30. The maximum atomic E-state index is 5.86. The lowest BCUT2D eigenvalue weighted by molar-refractivity contribution is 0.413. The normalized spacial score (nSPS) is 12.6. The van der Waals surface area contributed by atoms with Crippen LogP contribution in [0.3, 0.4) is 0 Å². The molecule has 0 saturated carbocycles. The second kappa shape index (κ2) is 4.12. The molecule has 0 aliphatic rings. The summed E-state index contributed by atoms with van der Waals surface area (Å²) >= 11 is 0. The van der Waals surface area contributed by atoms with Gasteiger partial charge in [-0.25, -0.2) is 0 Å². The van der Waals surface area contributed by atoms with Gasteiger partial charge in [0.15, 0.2) is 0 Å². The van der Waals surface area contributed by atoms with Gasteiger partial charge in [-0.2, -0.15) is 0 Å². The lowest BCUT2D eigenvalue weighted by Crippen LogP contribution is -2.08. The minimum Gasteiger partial charge on any atom is -0.497 e. The van der Waals surface area contributed by atoms with Crippen molar-refractivity contribution in [1.29, 1.82) is 0 Å². The molecule has 2 heteroatoms. The highest BCUT2D eigenvalue weighted by Crippen LogP contribution is 2.18. The molecule has 0 unspecified atom stereocenters. The van der Waals surface area contributed by atoms with Crippen molar-refractivity contribution in [1.82, 2.24) is 0 Å². The molecule has 0 aliphatic heterocycles. The summed E-state index contributed by atoms with van der Waals surface area (Å²) in [6.45, 7) is 2.07. The average Bonchev–Trinajstić information content (AvgIpc) is 2.17. The Morgan fingerprint density at radius 3 is 2.83 bits per heavy atom. The van der Waals surface area contributed by atoms with Crippen LogP contribution in [0.4, 0.5) is 0 Å². The first kappa shape index (κ1) is 9.07. The van der Waals surface area contributed by atoms with Crippen molar-refractivity contribution in [2.75, 3.05) is 7.11 Å². The van der Waals surface area contributed by atoms with Crippen LogP contribution in [0.5, 0.6) is 5.75 Å². The van der Waals surface area contributed by atoms with Gasteiger partial charge in [0, 0.05) is 6.04 Å². The molecule has 0 spiro atoms. The minimum atomic E-state index is 0.125. The van der Waals surface area contributed by atoms with Crippen molar-refractivity contribution in [2.24, 2.45) is 5.73 Å². The van der Waals surface area contributed by atoms with Gasteiger partial charge in [-0.1, -0.05) is 19.1 Å². The van der Waals surface area contributed by atoms with E-state index in [4.69, 9.17) is 10.5 Å². The molecule has 1 aromatic carbocycles. The molecule has 12 heavy (non-hydrogen) atoms. The van der Waals surface area contributed by atoms with Gasteiger partial charge in [0.2, 0.25) is 0 Å². The second-order valence-electron chi connectivity index (χ2n) is 2.79. The van der Waals surface area contributed by atoms with E-state index in [1.807, 2.05) is 24.3 Å². The van der Waals surface area contributed by atoms with E-state index in [0.29, 0.717) is 0 Å². The Hall–Kier alpha value is -1.02. The molecule has 0 aromatic heterocycles. The van der Waals surface area contributed by atoms with Crippen molar-refractivity contribution in [3.8, 4) is 5.75 Å². The first-order valence-corrected chi connectivity index (χ1v) is 4.17. The summed E-state index contributed by atoms with van der Waals surface area (Å²) in [6.07, 6.45) is 0.952.